The third-order valence-corrected chi connectivity index (χ3v) is 3.76. The average molecular weight is 265 g/mol. The van der Waals surface area contributed by atoms with Gasteiger partial charge in [-0.1, -0.05) is 6.92 Å². The van der Waals surface area contributed by atoms with E-state index in [1.807, 2.05) is 0 Å². The Morgan fingerprint density at radius 1 is 1.47 bits per heavy atom. The van der Waals surface area contributed by atoms with Crippen LogP contribution in [-0.4, -0.2) is 48.4 Å². The van der Waals surface area contributed by atoms with E-state index in [0.717, 1.165) is 13.0 Å². The van der Waals surface area contributed by atoms with Gasteiger partial charge in [0, 0.05) is 31.4 Å². The van der Waals surface area contributed by atoms with Crippen LogP contribution < -0.4 is 5.73 Å². The first-order chi connectivity index (χ1) is 9.02. The van der Waals surface area contributed by atoms with E-state index >= 15 is 0 Å². The molecular formula is C14H20FN3O. The first-order valence-corrected chi connectivity index (χ1v) is 6.57. The molecule has 1 amide bonds. The zero-order valence-electron chi connectivity index (χ0n) is 11.4. The summed E-state index contributed by atoms with van der Waals surface area (Å²) >= 11 is 0. The maximum Gasteiger partial charge on any atom is 0.257 e. The van der Waals surface area contributed by atoms with E-state index in [9.17, 15) is 9.18 Å². The van der Waals surface area contributed by atoms with E-state index in [4.69, 9.17) is 5.73 Å². The maximum absolute atomic E-state index is 13.7. The second-order valence-corrected chi connectivity index (χ2v) is 5.03. The summed E-state index contributed by atoms with van der Waals surface area (Å²) < 4.78 is 13.7. The van der Waals surface area contributed by atoms with E-state index in [1.165, 1.54) is 18.2 Å². The van der Waals surface area contributed by atoms with Gasteiger partial charge in [-0.25, -0.2) is 4.39 Å². The monoisotopic (exact) mass is 265 g/mol. The topological polar surface area (TPSA) is 49.6 Å². The van der Waals surface area contributed by atoms with Gasteiger partial charge in [0.25, 0.3) is 5.91 Å². The number of carbonyl (C=O) groups excluding carboxylic acids is 1. The van der Waals surface area contributed by atoms with Crippen LogP contribution in [0.2, 0.25) is 0 Å². The van der Waals surface area contributed by atoms with E-state index in [-0.39, 0.29) is 11.5 Å². The van der Waals surface area contributed by atoms with Crippen molar-refractivity contribution in [2.75, 3.05) is 32.4 Å². The molecule has 4 nitrogen and oxygen atoms in total. The molecule has 1 aliphatic rings. The van der Waals surface area contributed by atoms with E-state index in [1.54, 1.807) is 4.90 Å². The molecule has 0 aromatic heterocycles. The minimum Gasteiger partial charge on any atom is -0.399 e. The molecule has 0 radical (unpaired) electrons. The van der Waals surface area contributed by atoms with Crippen LogP contribution >= 0.6 is 0 Å². The third kappa shape index (κ3) is 2.87. The minimum absolute atomic E-state index is 0.0689. The molecule has 1 heterocycles. The molecule has 0 spiro atoms. The summed E-state index contributed by atoms with van der Waals surface area (Å²) in [5.74, 6) is -0.775. The molecule has 19 heavy (non-hydrogen) atoms. The van der Waals surface area contributed by atoms with Crippen molar-refractivity contribution in [3.63, 3.8) is 0 Å². The van der Waals surface area contributed by atoms with E-state index in [0.29, 0.717) is 24.8 Å². The normalized spacial score (nSPS) is 20.6. The SMILES string of the molecule is CCC1CN(C(=O)c2cc(N)ccc2F)CCN1C. The molecular weight excluding hydrogens is 245 g/mol. The summed E-state index contributed by atoms with van der Waals surface area (Å²) in [7, 11) is 2.05. The highest BCUT2D eigenvalue weighted by atomic mass is 19.1. The molecule has 1 fully saturated rings. The maximum atomic E-state index is 13.7. The standard InChI is InChI=1S/C14H20FN3O/c1-3-11-9-18(7-6-17(11)2)14(19)12-8-10(16)4-5-13(12)15/h4-5,8,11H,3,6-7,9,16H2,1-2H3. The van der Waals surface area contributed by atoms with Crippen molar-refractivity contribution >= 4 is 11.6 Å². The molecule has 104 valence electrons. The number of benzene rings is 1. The summed E-state index contributed by atoms with van der Waals surface area (Å²) in [4.78, 5) is 16.3. The Bertz CT molecular complexity index is 478. The number of nitrogen functional groups attached to an aromatic ring is 1. The number of piperazine rings is 1. The fraction of sp³-hybridized carbons (Fsp3) is 0.500. The predicted molar refractivity (Wildman–Crippen MR) is 73.4 cm³/mol. The number of nitrogens with two attached hydrogens (primary N) is 1. The van der Waals surface area contributed by atoms with Crippen molar-refractivity contribution in [3.05, 3.63) is 29.6 Å². The van der Waals surface area contributed by atoms with E-state index in [2.05, 4.69) is 18.9 Å². The van der Waals surface area contributed by atoms with Crippen LogP contribution in [0.25, 0.3) is 0 Å². The van der Waals surface area contributed by atoms with Gasteiger partial charge in [-0.3, -0.25) is 9.69 Å². The van der Waals surface area contributed by atoms with Gasteiger partial charge < -0.3 is 10.6 Å². The number of nitrogens with zero attached hydrogens (tertiary/aromatic N) is 2. The van der Waals surface area contributed by atoms with Crippen LogP contribution in [0.5, 0.6) is 0 Å². The van der Waals surface area contributed by atoms with Gasteiger partial charge >= 0.3 is 0 Å². The molecule has 2 rings (SSSR count). The average Bonchev–Trinajstić information content (AvgIpc) is 2.41. The van der Waals surface area contributed by atoms with Crippen molar-refractivity contribution in [2.45, 2.75) is 19.4 Å². The van der Waals surface area contributed by atoms with Crippen LogP contribution in [-0.2, 0) is 0 Å². The van der Waals surface area contributed by atoms with Gasteiger partial charge in [0.05, 0.1) is 5.56 Å². The van der Waals surface area contributed by atoms with Crippen LogP contribution in [0.3, 0.4) is 0 Å². The van der Waals surface area contributed by atoms with Gasteiger partial charge in [-0.05, 0) is 31.7 Å². The summed E-state index contributed by atoms with van der Waals surface area (Å²) in [5.41, 5.74) is 6.10. The van der Waals surface area contributed by atoms with Crippen LogP contribution in [0.4, 0.5) is 10.1 Å². The van der Waals surface area contributed by atoms with Crippen molar-refractivity contribution in [2.24, 2.45) is 0 Å². The Hall–Kier alpha value is -1.62. The highest BCUT2D eigenvalue weighted by Crippen LogP contribution is 2.18. The lowest BCUT2D eigenvalue weighted by molar-refractivity contribution is 0.0537. The highest BCUT2D eigenvalue weighted by Gasteiger charge is 2.28. The highest BCUT2D eigenvalue weighted by molar-refractivity contribution is 5.95. The molecule has 1 aromatic rings. The first-order valence-electron chi connectivity index (χ1n) is 6.57. The number of amides is 1. The number of rotatable bonds is 2. The van der Waals surface area contributed by atoms with Crippen LogP contribution in [0.1, 0.15) is 23.7 Å². The molecule has 1 aromatic carbocycles. The number of carbonyl (C=O) groups is 1. The number of hydrogen-bond donors (Lipinski definition) is 1. The summed E-state index contributed by atoms with van der Waals surface area (Å²) in [6, 6.07) is 4.46. The Morgan fingerprint density at radius 3 is 2.89 bits per heavy atom. The Morgan fingerprint density at radius 2 is 2.21 bits per heavy atom. The second kappa shape index (κ2) is 5.57. The summed E-state index contributed by atoms with van der Waals surface area (Å²) in [6.45, 7) is 4.17. The Kier molecular flexibility index (Phi) is 4.04. The second-order valence-electron chi connectivity index (χ2n) is 5.03. The van der Waals surface area contributed by atoms with Crippen molar-refractivity contribution in [3.8, 4) is 0 Å². The molecule has 5 heteroatoms. The van der Waals surface area contributed by atoms with Gasteiger partial charge in [0.2, 0.25) is 0 Å². The fourth-order valence-electron chi connectivity index (χ4n) is 2.45. The lowest BCUT2D eigenvalue weighted by Crippen LogP contribution is -2.53. The third-order valence-electron chi connectivity index (χ3n) is 3.76. The van der Waals surface area contributed by atoms with E-state index < -0.39 is 5.82 Å². The fourth-order valence-corrected chi connectivity index (χ4v) is 2.45. The summed E-state index contributed by atoms with van der Waals surface area (Å²) in [6.07, 6.45) is 0.972. The molecule has 2 N–H and O–H groups in total. The lowest BCUT2D eigenvalue weighted by Gasteiger charge is -2.39. The van der Waals surface area contributed by atoms with Crippen LogP contribution in [0, 0.1) is 5.82 Å². The molecule has 1 saturated heterocycles. The molecule has 1 atom stereocenters. The smallest absolute Gasteiger partial charge is 0.257 e. The number of hydrogen-bond acceptors (Lipinski definition) is 3. The summed E-state index contributed by atoms with van der Waals surface area (Å²) in [5, 5.41) is 0. The Balaban J connectivity index is 2.18. The van der Waals surface area contributed by atoms with Crippen molar-refractivity contribution in [1.29, 1.82) is 0 Å². The van der Waals surface area contributed by atoms with Gasteiger partial charge in [-0.2, -0.15) is 0 Å². The zero-order valence-corrected chi connectivity index (χ0v) is 11.4. The minimum atomic E-state index is -0.508. The molecule has 1 aliphatic heterocycles. The molecule has 0 bridgehead atoms. The van der Waals surface area contributed by atoms with Crippen molar-refractivity contribution < 1.29 is 9.18 Å². The molecule has 0 saturated carbocycles. The Labute approximate surface area is 113 Å². The van der Waals surface area contributed by atoms with Gasteiger partial charge in [0.1, 0.15) is 5.82 Å². The first kappa shape index (κ1) is 13.8. The predicted octanol–water partition coefficient (Wildman–Crippen LogP) is 1.57. The van der Waals surface area contributed by atoms with Gasteiger partial charge in [0.15, 0.2) is 0 Å². The number of anilines is 1. The number of likely N-dealkylation sites (N-methyl/N-ethyl adjacent to an activating group) is 1. The van der Waals surface area contributed by atoms with Crippen LogP contribution in [0.15, 0.2) is 18.2 Å². The lowest BCUT2D eigenvalue weighted by atomic mass is 10.1. The quantitative estimate of drug-likeness (QED) is 0.826. The molecule has 1 unspecified atom stereocenters. The molecule has 0 aliphatic carbocycles. The van der Waals surface area contributed by atoms with Crippen molar-refractivity contribution in [1.82, 2.24) is 9.80 Å². The van der Waals surface area contributed by atoms with Gasteiger partial charge in [-0.15, -0.1) is 0 Å². The number of halogens is 1. The zero-order chi connectivity index (χ0) is 14.0. The largest absolute Gasteiger partial charge is 0.399 e.